The number of aryl methyl sites for hydroxylation is 1. The Morgan fingerprint density at radius 1 is 1.13 bits per heavy atom. The molecule has 1 fully saturated rings. The minimum absolute atomic E-state index is 0.0862. The molecular weight excluding hydrogens is 402 g/mol. The van der Waals surface area contributed by atoms with Gasteiger partial charge in [0, 0.05) is 10.4 Å². The van der Waals surface area contributed by atoms with Crippen LogP contribution < -0.4 is 5.32 Å². The number of carboxylic acids is 1. The first kappa shape index (κ1) is 20.3. The van der Waals surface area contributed by atoms with E-state index in [1.807, 2.05) is 49.4 Å². The number of hydrogen-bond donors (Lipinski definition) is 2. The lowest BCUT2D eigenvalue weighted by Gasteiger charge is -2.23. The lowest BCUT2D eigenvalue weighted by atomic mass is 9.82. The average Bonchev–Trinajstić information content (AvgIpc) is 3.46. The zero-order valence-electron chi connectivity index (χ0n) is 16.8. The molecule has 1 amide bonds. The molecule has 7 heteroatoms. The number of carbonyl (C=O) groups is 3. The van der Waals surface area contributed by atoms with Crippen molar-refractivity contribution in [1.29, 1.82) is 0 Å². The van der Waals surface area contributed by atoms with Crippen molar-refractivity contribution >= 4 is 34.2 Å². The van der Waals surface area contributed by atoms with Crippen LogP contribution in [-0.2, 0) is 20.7 Å². The number of rotatable bonds is 6. The molecule has 0 radical (unpaired) electrons. The van der Waals surface area contributed by atoms with Crippen LogP contribution in [0.3, 0.4) is 0 Å². The van der Waals surface area contributed by atoms with Gasteiger partial charge in [-0.25, -0.2) is 4.79 Å². The monoisotopic (exact) mass is 425 g/mol. The van der Waals surface area contributed by atoms with Crippen molar-refractivity contribution in [2.24, 2.45) is 23.7 Å². The minimum Gasteiger partial charge on any atom is -0.481 e. The largest absolute Gasteiger partial charge is 0.481 e. The number of fused-ring (bicyclic) bond motifs is 2. The van der Waals surface area contributed by atoms with Gasteiger partial charge >= 0.3 is 11.9 Å². The Kier molecular flexibility index (Phi) is 5.47. The number of methoxy groups -OCH3 is 1. The number of esters is 1. The molecule has 0 aliphatic heterocycles. The normalized spacial score (nSPS) is 24.1. The summed E-state index contributed by atoms with van der Waals surface area (Å²) in [6.07, 6.45) is 5.21. The first-order chi connectivity index (χ1) is 14.5. The van der Waals surface area contributed by atoms with Crippen LogP contribution in [0.5, 0.6) is 0 Å². The molecule has 1 saturated carbocycles. The van der Waals surface area contributed by atoms with E-state index in [1.54, 1.807) is 0 Å². The topological polar surface area (TPSA) is 92.7 Å². The number of carboxylic acid groups (broad SMARTS) is 1. The maximum absolute atomic E-state index is 13.2. The SMILES string of the molecule is CCc1sc(NC(=O)C2C3C=CC(C3)C2C(=O)O)c(C(=O)OC)c1-c1ccccc1. The fourth-order valence-corrected chi connectivity index (χ4v) is 5.89. The summed E-state index contributed by atoms with van der Waals surface area (Å²) in [4.78, 5) is 38.6. The molecule has 1 aromatic carbocycles. The van der Waals surface area contributed by atoms with Gasteiger partial charge in [0.05, 0.1) is 18.9 Å². The van der Waals surface area contributed by atoms with Crippen molar-refractivity contribution in [2.45, 2.75) is 19.8 Å². The van der Waals surface area contributed by atoms with E-state index in [9.17, 15) is 19.5 Å². The van der Waals surface area contributed by atoms with E-state index in [1.165, 1.54) is 18.4 Å². The molecule has 2 aliphatic carbocycles. The summed E-state index contributed by atoms with van der Waals surface area (Å²) < 4.78 is 5.02. The molecule has 2 N–H and O–H groups in total. The van der Waals surface area contributed by atoms with Crippen molar-refractivity contribution in [3.8, 4) is 11.1 Å². The third-order valence-electron chi connectivity index (χ3n) is 6.04. The maximum atomic E-state index is 13.2. The minimum atomic E-state index is -0.953. The fraction of sp³-hybridized carbons (Fsp3) is 0.348. The maximum Gasteiger partial charge on any atom is 0.341 e. The average molecular weight is 426 g/mol. The van der Waals surface area contributed by atoms with E-state index in [2.05, 4.69) is 5.32 Å². The molecule has 0 saturated heterocycles. The standard InChI is InChI=1S/C23H23NO5S/c1-3-15-16(12-7-5-4-6-8-12)19(23(28)29-2)21(30-15)24-20(25)17-13-9-10-14(11-13)18(17)22(26)27/h4-10,13-14,17-18H,3,11H2,1-2H3,(H,24,25)(H,26,27). The number of aliphatic carboxylic acids is 1. The van der Waals surface area contributed by atoms with Gasteiger partial charge < -0.3 is 15.2 Å². The molecular formula is C23H23NO5S. The van der Waals surface area contributed by atoms with Crippen molar-refractivity contribution in [3.05, 3.63) is 52.9 Å². The highest BCUT2D eigenvalue weighted by molar-refractivity contribution is 7.17. The van der Waals surface area contributed by atoms with Gasteiger partial charge in [0.25, 0.3) is 0 Å². The highest BCUT2D eigenvalue weighted by Gasteiger charge is 2.51. The zero-order valence-corrected chi connectivity index (χ0v) is 17.6. The van der Waals surface area contributed by atoms with E-state index in [4.69, 9.17) is 4.74 Å². The van der Waals surface area contributed by atoms with Crippen LogP contribution in [0.1, 0.15) is 28.6 Å². The van der Waals surface area contributed by atoms with E-state index >= 15 is 0 Å². The Morgan fingerprint density at radius 2 is 1.80 bits per heavy atom. The summed E-state index contributed by atoms with van der Waals surface area (Å²) >= 11 is 1.34. The first-order valence-corrected chi connectivity index (χ1v) is 10.8. The van der Waals surface area contributed by atoms with Gasteiger partial charge in [-0.15, -0.1) is 11.3 Å². The van der Waals surface area contributed by atoms with Gasteiger partial charge in [-0.1, -0.05) is 49.4 Å². The molecule has 6 nitrogen and oxygen atoms in total. The van der Waals surface area contributed by atoms with Gasteiger partial charge in [-0.05, 0) is 30.2 Å². The number of thiophene rings is 1. The number of carbonyl (C=O) groups excluding carboxylic acids is 2. The third kappa shape index (κ3) is 3.33. The highest BCUT2D eigenvalue weighted by Crippen LogP contribution is 2.49. The van der Waals surface area contributed by atoms with Crippen molar-refractivity contribution < 1.29 is 24.2 Å². The molecule has 2 bridgehead atoms. The highest BCUT2D eigenvalue weighted by atomic mass is 32.1. The first-order valence-electron chi connectivity index (χ1n) is 9.97. The number of amides is 1. The van der Waals surface area contributed by atoms with Crippen LogP contribution in [0, 0.1) is 23.7 Å². The lowest BCUT2D eigenvalue weighted by Crippen LogP contribution is -2.36. The summed E-state index contributed by atoms with van der Waals surface area (Å²) in [6, 6.07) is 9.52. The van der Waals surface area contributed by atoms with E-state index in [0.717, 1.165) is 16.0 Å². The van der Waals surface area contributed by atoms with Crippen LogP contribution in [0.4, 0.5) is 5.00 Å². The fourth-order valence-electron chi connectivity index (χ4n) is 4.73. The van der Waals surface area contributed by atoms with Crippen LogP contribution in [0.15, 0.2) is 42.5 Å². The van der Waals surface area contributed by atoms with Gasteiger partial charge in [0.1, 0.15) is 10.6 Å². The van der Waals surface area contributed by atoms with Gasteiger partial charge in [0.2, 0.25) is 5.91 Å². The number of benzene rings is 1. The Bertz CT molecular complexity index is 1030. The second kappa shape index (κ2) is 8.07. The molecule has 1 aromatic heterocycles. The Labute approximate surface area is 178 Å². The Morgan fingerprint density at radius 3 is 2.40 bits per heavy atom. The van der Waals surface area contributed by atoms with Gasteiger partial charge in [0.15, 0.2) is 0 Å². The second-order valence-corrected chi connectivity index (χ2v) is 8.75. The lowest BCUT2D eigenvalue weighted by molar-refractivity contribution is -0.146. The smallest absolute Gasteiger partial charge is 0.341 e. The summed E-state index contributed by atoms with van der Waals surface area (Å²) in [7, 11) is 1.31. The van der Waals surface area contributed by atoms with E-state index in [0.29, 0.717) is 23.4 Å². The van der Waals surface area contributed by atoms with Gasteiger partial charge in [-0.2, -0.15) is 0 Å². The van der Waals surface area contributed by atoms with E-state index in [-0.39, 0.29) is 17.7 Å². The summed E-state index contributed by atoms with van der Waals surface area (Å²) in [5.74, 6) is -3.41. The number of ether oxygens (including phenoxy) is 1. The Hall–Kier alpha value is -2.93. The molecule has 1 heterocycles. The molecule has 4 rings (SSSR count). The van der Waals surface area contributed by atoms with Crippen LogP contribution in [0.25, 0.3) is 11.1 Å². The number of hydrogen-bond acceptors (Lipinski definition) is 5. The number of anilines is 1. The number of nitrogens with one attached hydrogen (secondary N) is 1. The predicted octanol–water partition coefficient (Wildman–Crippen LogP) is 4.23. The summed E-state index contributed by atoms with van der Waals surface area (Å²) in [6.45, 7) is 1.99. The summed E-state index contributed by atoms with van der Waals surface area (Å²) in [5.41, 5.74) is 1.95. The van der Waals surface area contributed by atoms with E-state index < -0.39 is 23.8 Å². The Balaban J connectivity index is 1.73. The van der Waals surface area contributed by atoms with Crippen molar-refractivity contribution in [1.82, 2.24) is 0 Å². The molecule has 4 unspecified atom stereocenters. The second-order valence-electron chi connectivity index (χ2n) is 7.64. The zero-order chi connectivity index (χ0) is 21.4. The third-order valence-corrected chi connectivity index (χ3v) is 7.29. The molecule has 2 aliphatic rings. The van der Waals surface area contributed by atoms with Gasteiger partial charge in [-0.3, -0.25) is 9.59 Å². The van der Waals surface area contributed by atoms with Crippen molar-refractivity contribution in [2.75, 3.05) is 12.4 Å². The van der Waals surface area contributed by atoms with Crippen LogP contribution in [-0.4, -0.2) is 30.1 Å². The van der Waals surface area contributed by atoms with Crippen molar-refractivity contribution in [3.63, 3.8) is 0 Å². The quantitative estimate of drug-likeness (QED) is 0.534. The molecule has 2 aromatic rings. The molecule has 4 atom stereocenters. The predicted molar refractivity (Wildman–Crippen MR) is 114 cm³/mol. The molecule has 30 heavy (non-hydrogen) atoms. The van der Waals surface area contributed by atoms with Crippen LogP contribution >= 0.6 is 11.3 Å². The summed E-state index contributed by atoms with van der Waals surface area (Å²) in [5, 5.41) is 13.0. The number of allylic oxidation sites excluding steroid dienone is 2. The molecule has 0 spiro atoms. The van der Waals surface area contributed by atoms with Crippen LogP contribution in [0.2, 0.25) is 0 Å². The molecule has 156 valence electrons.